The second kappa shape index (κ2) is 10.4. The number of piperidine rings is 1. The number of carbonyl (C=O) groups excluding carboxylic acids is 1. The van der Waals surface area contributed by atoms with E-state index in [2.05, 4.69) is 11.0 Å². The van der Waals surface area contributed by atoms with Crippen LogP contribution in [0.3, 0.4) is 0 Å². The van der Waals surface area contributed by atoms with E-state index in [1.165, 1.54) is 5.56 Å². The lowest BCUT2D eigenvalue weighted by atomic mass is 9.74. The van der Waals surface area contributed by atoms with Gasteiger partial charge in [0.05, 0.1) is 13.0 Å². The van der Waals surface area contributed by atoms with Crippen LogP contribution in [0.1, 0.15) is 51.2 Å². The molecule has 2 aromatic rings. The van der Waals surface area contributed by atoms with Crippen molar-refractivity contribution in [1.82, 2.24) is 4.90 Å². The third-order valence-corrected chi connectivity index (χ3v) is 6.67. The van der Waals surface area contributed by atoms with Gasteiger partial charge < -0.3 is 19.1 Å². The lowest BCUT2D eigenvalue weighted by Crippen LogP contribution is -2.44. The maximum absolute atomic E-state index is 12.0. The van der Waals surface area contributed by atoms with Crippen LogP contribution in [0.25, 0.3) is 6.08 Å². The molecule has 34 heavy (non-hydrogen) atoms. The molecule has 0 aromatic heterocycles. The van der Waals surface area contributed by atoms with Gasteiger partial charge in [-0.15, -0.1) is 0 Å². The summed E-state index contributed by atoms with van der Waals surface area (Å²) in [7, 11) is 0. The van der Waals surface area contributed by atoms with E-state index in [1.54, 1.807) is 0 Å². The SMILES string of the molecule is CC(C)(C)OC(=O)CCN1CCC2(CC1)COc1cc(OCC=Cc3ccc(Cl)cc3)ccc12. The Balaban J connectivity index is 1.27. The Morgan fingerprint density at radius 1 is 1.15 bits per heavy atom. The summed E-state index contributed by atoms with van der Waals surface area (Å²) in [6.45, 7) is 9.57. The molecule has 0 atom stereocenters. The van der Waals surface area contributed by atoms with E-state index in [0.717, 1.165) is 54.6 Å². The summed E-state index contributed by atoms with van der Waals surface area (Å²) in [4.78, 5) is 14.4. The van der Waals surface area contributed by atoms with Gasteiger partial charge in [-0.3, -0.25) is 4.79 Å². The van der Waals surface area contributed by atoms with Gasteiger partial charge in [-0.1, -0.05) is 35.9 Å². The second-order valence-electron chi connectivity index (χ2n) is 10.2. The van der Waals surface area contributed by atoms with E-state index in [0.29, 0.717) is 19.6 Å². The lowest BCUT2D eigenvalue weighted by Gasteiger charge is -2.38. The first kappa shape index (κ1) is 24.6. The second-order valence-corrected chi connectivity index (χ2v) is 10.6. The molecule has 1 saturated heterocycles. The van der Waals surface area contributed by atoms with Crippen molar-refractivity contribution in [3.8, 4) is 11.5 Å². The molecular weight excluding hydrogens is 450 g/mol. The molecule has 1 spiro atoms. The van der Waals surface area contributed by atoms with E-state index in [4.69, 9.17) is 25.8 Å². The van der Waals surface area contributed by atoms with Crippen LogP contribution in [0.2, 0.25) is 5.02 Å². The van der Waals surface area contributed by atoms with Crippen LogP contribution < -0.4 is 9.47 Å². The Morgan fingerprint density at radius 2 is 1.88 bits per heavy atom. The summed E-state index contributed by atoms with van der Waals surface area (Å²) in [6.07, 6.45) is 6.50. The molecule has 6 heteroatoms. The van der Waals surface area contributed by atoms with Gasteiger partial charge >= 0.3 is 5.97 Å². The zero-order valence-corrected chi connectivity index (χ0v) is 21.1. The van der Waals surface area contributed by atoms with Gasteiger partial charge in [-0.2, -0.15) is 0 Å². The van der Waals surface area contributed by atoms with Gasteiger partial charge in [-0.25, -0.2) is 0 Å². The minimum absolute atomic E-state index is 0.0603. The van der Waals surface area contributed by atoms with Gasteiger partial charge in [0, 0.05) is 28.6 Å². The number of benzene rings is 2. The van der Waals surface area contributed by atoms with Crippen LogP contribution in [0.5, 0.6) is 11.5 Å². The third kappa shape index (κ3) is 6.34. The molecule has 2 aliphatic rings. The van der Waals surface area contributed by atoms with Gasteiger partial charge in [0.15, 0.2) is 0 Å². The van der Waals surface area contributed by atoms with E-state index in [1.807, 2.05) is 69.3 Å². The first-order valence-corrected chi connectivity index (χ1v) is 12.4. The number of rotatable bonds is 7. The van der Waals surface area contributed by atoms with Crippen molar-refractivity contribution in [3.63, 3.8) is 0 Å². The average molecular weight is 484 g/mol. The van der Waals surface area contributed by atoms with Crippen molar-refractivity contribution in [2.45, 2.75) is 51.0 Å². The van der Waals surface area contributed by atoms with Crippen molar-refractivity contribution in [2.24, 2.45) is 0 Å². The first-order chi connectivity index (χ1) is 16.2. The number of hydrogen-bond acceptors (Lipinski definition) is 5. The maximum Gasteiger partial charge on any atom is 0.307 e. The minimum atomic E-state index is -0.427. The van der Waals surface area contributed by atoms with Crippen molar-refractivity contribution >= 4 is 23.6 Å². The number of hydrogen-bond donors (Lipinski definition) is 0. The molecule has 2 aromatic carbocycles. The van der Waals surface area contributed by atoms with Crippen LogP contribution in [0.4, 0.5) is 0 Å². The van der Waals surface area contributed by atoms with Crippen molar-refractivity contribution in [2.75, 3.05) is 32.8 Å². The molecule has 0 amide bonds. The highest BCUT2D eigenvalue weighted by Gasteiger charge is 2.43. The van der Waals surface area contributed by atoms with Gasteiger partial charge in [0.25, 0.3) is 0 Å². The van der Waals surface area contributed by atoms with Crippen LogP contribution in [-0.4, -0.2) is 49.3 Å². The summed E-state index contributed by atoms with van der Waals surface area (Å²) < 4.78 is 17.5. The van der Waals surface area contributed by atoms with Crippen LogP contribution in [0, 0.1) is 0 Å². The molecule has 1 fully saturated rings. The highest BCUT2D eigenvalue weighted by molar-refractivity contribution is 6.30. The molecule has 2 heterocycles. The van der Waals surface area contributed by atoms with Crippen molar-refractivity contribution < 1.29 is 19.0 Å². The number of halogens is 1. The fourth-order valence-electron chi connectivity index (χ4n) is 4.61. The number of esters is 1. The number of ether oxygens (including phenoxy) is 3. The first-order valence-electron chi connectivity index (χ1n) is 12.0. The Kier molecular flexibility index (Phi) is 7.54. The van der Waals surface area contributed by atoms with Crippen molar-refractivity contribution in [3.05, 3.63) is 64.7 Å². The Labute approximate surface area is 207 Å². The molecular formula is C28H34ClNO4. The molecule has 0 saturated carbocycles. The molecule has 0 unspecified atom stereocenters. The molecule has 4 rings (SSSR count). The monoisotopic (exact) mass is 483 g/mol. The number of likely N-dealkylation sites (tertiary alicyclic amines) is 1. The number of carbonyl (C=O) groups is 1. The van der Waals surface area contributed by atoms with Gasteiger partial charge in [-0.05, 0) is 76.5 Å². The number of fused-ring (bicyclic) bond motifs is 2. The fourth-order valence-corrected chi connectivity index (χ4v) is 4.73. The topological polar surface area (TPSA) is 48.0 Å². The molecule has 5 nitrogen and oxygen atoms in total. The standard InChI is InChI=1S/C28H34ClNO4/c1-27(2,3)34-26(31)12-15-30-16-13-28(14-17-30)20-33-25-19-23(10-11-24(25)28)32-18-4-5-21-6-8-22(29)9-7-21/h4-11,19H,12-18,20H2,1-3H3. The molecule has 0 aliphatic carbocycles. The largest absolute Gasteiger partial charge is 0.492 e. The normalized spacial score (nSPS) is 17.5. The fraction of sp³-hybridized carbons (Fsp3) is 0.464. The maximum atomic E-state index is 12.0. The lowest BCUT2D eigenvalue weighted by molar-refractivity contribution is -0.155. The Hall–Kier alpha value is -2.50. The van der Waals surface area contributed by atoms with Crippen LogP contribution in [-0.2, 0) is 14.9 Å². The third-order valence-electron chi connectivity index (χ3n) is 6.42. The van der Waals surface area contributed by atoms with Crippen LogP contribution >= 0.6 is 11.6 Å². The number of nitrogens with zero attached hydrogens (tertiary/aromatic N) is 1. The average Bonchev–Trinajstić information content (AvgIpc) is 3.14. The van der Waals surface area contributed by atoms with Crippen molar-refractivity contribution in [1.29, 1.82) is 0 Å². The van der Waals surface area contributed by atoms with E-state index in [9.17, 15) is 4.79 Å². The smallest absolute Gasteiger partial charge is 0.307 e. The predicted molar refractivity (Wildman–Crippen MR) is 136 cm³/mol. The summed E-state index contributed by atoms with van der Waals surface area (Å²) in [5.74, 6) is 1.62. The van der Waals surface area contributed by atoms with E-state index >= 15 is 0 Å². The molecule has 0 N–H and O–H groups in total. The minimum Gasteiger partial charge on any atom is -0.492 e. The Bertz CT molecular complexity index is 1020. The molecule has 2 aliphatic heterocycles. The quantitative estimate of drug-likeness (QED) is 0.459. The van der Waals surface area contributed by atoms with E-state index in [-0.39, 0.29) is 11.4 Å². The summed E-state index contributed by atoms with van der Waals surface area (Å²) in [5.41, 5.74) is 2.00. The summed E-state index contributed by atoms with van der Waals surface area (Å²) >= 11 is 5.93. The van der Waals surface area contributed by atoms with Gasteiger partial charge in [0.1, 0.15) is 23.7 Å². The highest BCUT2D eigenvalue weighted by atomic mass is 35.5. The molecule has 0 bridgehead atoms. The Morgan fingerprint density at radius 3 is 2.59 bits per heavy atom. The van der Waals surface area contributed by atoms with E-state index < -0.39 is 5.60 Å². The summed E-state index contributed by atoms with van der Waals surface area (Å²) in [6, 6.07) is 13.9. The van der Waals surface area contributed by atoms with Crippen LogP contribution in [0.15, 0.2) is 48.5 Å². The zero-order chi connectivity index (χ0) is 24.2. The molecule has 182 valence electrons. The predicted octanol–water partition coefficient (Wildman–Crippen LogP) is 5.89. The van der Waals surface area contributed by atoms with Gasteiger partial charge in [0.2, 0.25) is 0 Å². The zero-order valence-electron chi connectivity index (χ0n) is 20.3. The summed E-state index contributed by atoms with van der Waals surface area (Å²) in [5, 5.41) is 0.732. The highest BCUT2D eigenvalue weighted by Crippen LogP contribution is 2.46. The molecule has 0 radical (unpaired) electrons.